The highest BCUT2D eigenvalue weighted by Gasteiger charge is 2.39. The molecule has 7 nitrogen and oxygen atoms in total. The smallest absolute Gasteiger partial charge is 0.487 e. The van der Waals surface area contributed by atoms with Crippen molar-refractivity contribution in [2.45, 2.75) is 72.5 Å². The van der Waals surface area contributed by atoms with Crippen molar-refractivity contribution < 1.29 is 67.4 Å². The molecule has 0 atom stereocenters. The predicted octanol–water partition coefficient (Wildman–Crippen LogP) is 8.48. The Morgan fingerprint density at radius 1 is 0.625 bits per heavy atom. The van der Waals surface area contributed by atoms with Crippen LogP contribution in [0.3, 0.4) is 0 Å². The Balaban J connectivity index is 1.96. The van der Waals surface area contributed by atoms with E-state index in [0.717, 1.165) is 0 Å². The molecule has 0 N–H and O–H groups in total. The van der Waals surface area contributed by atoms with E-state index in [1.807, 2.05) is 20.8 Å². The van der Waals surface area contributed by atoms with Gasteiger partial charge < -0.3 is 27.5 Å². The van der Waals surface area contributed by atoms with E-state index < -0.39 is 90.4 Å². The third-order valence-corrected chi connectivity index (χ3v) is 9.97. The number of carbonyl (C=O) groups excluding carboxylic acids is 1. The van der Waals surface area contributed by atoms with Gasteiger partial charge in [-0.05, 0) is 53.4 Å². The number of hydrogen-bond donors (Lipinski definition) is 0. The topological polar surface area (TPSA) is 72.5 Å². The highest BCUT2D eigenvalue weighted by atomic mass is 28.4. The van der Waals surface area contributed by atoms with Crippen molar-refractivity contribution in [2.75, 3.05) is 39.6 Å². The Kier molecular flexibility index (Phi) is 17.0. The largest absolute Gasteiger partial charge is 0.501 e. The number of halogens is 8. The molecule has 0 radical (unpaired) electrons. The SMILES string of the molecule is C=C(C)C(=O)OCc1c(F)c(F)c(-c2c(F)c(F)c(OCCCCCCOCCC[Si](OCC)(OCC)OCC)c(F)c2F)c(F)c1F. The molecule has 0 saturated carbocycles. The Morgan fingerprint density at radius 3 is 1.52 bits per heavy atom. The van der Waals surface area contributed by atoms with Gasteiger partial charge in [-0.3, -0.25) is 0 Å². The average Bonchev–Trinajstić information content (AvgIpc) is 3.04. The van der Waals surface area contributed by atoms with Gasteiger partial charge in [-0.2, -0.15) is 8.78 Å². The van der Waals surface area contributed by atoms with Gasteiger partial charge in [0, 0.05) is 44.7 Å². The Morgan fingerprint density at radius 2 is 1.06 bits per heavy atom. The molecule has 2 rings (SSSR count). The second-order valence-electron chi connectivity index (χ2n) is 10.4. The number of ether oxygens (including phenoxy) is 3. The molecule has 270 valence electrons. The molecule has 0 bridgehead atoms. The van der Waals surface area contributed by atoms with Crippen LogP contribution in [-0.2, 0) is 34.2 Å². The minimum Gasteiger partial charge on any atom is -0.487 e. The second-order valence-corrected chi connectivity index (χ2v) is 13.1. The van der Waals surface area contributed by atoms with Crippen LogP contribution in [0.1, 0.15) is 65.4 Å². The fourth-order valence-corrected chi connectivity index (χ4v) is 7.15. The van der Waals surface area contributed by atoms with Gasteiger partial charge >= 0.3 is 14.8 Å². The quantitative estimate of drug-likeness (QED) is 0.0302. The van der Waals surface area contributed by atoms with Crippen LogP contribution in [0, 0.1) is 46.5 Å². The molecule has 0 fully saturated rings. The Bertz CT molecular complexity index is 1330. The number of esters is 1. The molecule has 0 aliphatic heterocycles. The summed E-state index contributed by atoms with van der Waals surface area (Å²) in [6, 6.07) is 0.605. The zero-order valence-electron chi connectivity index (χ0n) is 27.3. The number of rotatable bonds is 22. The fraction of sp³-hybridized carbons (Fsp3) is 0.531. The van der Waals surface area contributed by atoms with Gasteiger partial charge in [-0.1, -0.05) is 13.0 Å². The van der Waals surface area contributed by atoms with Gasteiger partial charge in [-0.25, -0.2) is 31.1 Å². The monoisotopic (exact) mass is 716 g/mol. The van der Waals surface area contributed by atoms with E-state index >= 15 is 0 Å². The van der Waals surface area contributed by atoms with Gasteiger partial charge in [0.05, 0.1) is 23.3 Å². The summed E-state index contributed by atoms with van der Waals surface area (Å²) in [4.78, 5) is 11.5. The molecule has 48 heavy (non-hydrogen) atoms. The molecule has 0 heterocycles. The van der Waals surface area contributed by atoms with Crippen LogP contribution in [0.25, 0.3) is 11.1 Å². The van der Waals surface area contributed by atoms with Crippen molar-refractivity contribution >= 4 is 14.8 Å². The molecule has 0 spiro atoms. The molecule has 0 amide bonds. The first-order chi connectivity index (χ1) is 22.8. The van der Waals surface area contributed by atoms with Gasteiger partial charge in [0.15, 0.2) is 40.7 Å². The molecule has 16 heteroatoms. The maximum Gasteiger partial charge on any atom is 0.501 e. The van der Waals surface area contributed by atoms with Gasteiger partial charge in [0.1, 0.15) is 6.61 Å². The molecule has 2 aromatic rings. The first kappa shape index (κ1) is 41.1. The van der Waals surface area contributed by atoms with Crippen molar-refractivity contribution in [3.05, 3.63) is 64.3 Å². The lowest BCUT2D eigenvalue weighted by Gasteiger charge is -2.28. The van der Waals surface area contributed by atoms with E-state index in [2.05, 4.69) is 11.3 Å². The maximum atomic E-state index is 14.9. The van der Waals surface area contributed by atoms with Crippen LogP contribution in [-0.4, -0.2) is 54.4 Å². The molecular formula is C32H40F8O7Si. The lowest BCUT2D eigenvalue weighted by Crippen LogP contribution is -2.46. The van der Waals surface area contributed by atoms with Crippen LogP contribution in [0.15, 0.2) is 12.2 Å². The Labute approximate surface area is 275 Å². The molecule has 0 aliphatic carbocycles. The van der Waals surface area contributed by atoms with Crippen LogP contribution in [0.5, 0.6) is 5.75 Å². The minimum absolute atomic E-state index is 0.203. The fourth-order valence-electron chi connectivity index (χ4n) is 4.57. The van der Waals surface area contributed by atoms with E-state index in [1.54, 1.807) is 0 Å². The number of carbonyl (C=O) groups is 1. The van der Waals surface area contributed by atoms with Crippen molar-refractivity contribution in [2.24, 2.45) is 0 Å². The van der Waals surface area contributed by atoms with Crippen molar-refractivity contribution in [1.82, 2.24) is 0 Å². The maximum absolute atomic E-state index is 14.9. The summed E-state index contributed by atoms with van der Waals surface area (Å²) in [7, 11) is -2.74. The van der Waals surface area contributed by atoms with Gasteiger partial charge in [0.25, 0.3) is 0 Å². The zero-order valence-corrected chi connectivity index (χ0v) is 28.3. The van der Waals surface area contributed by atoms with E-state index in [-0.39, 0.29) is 18.6 Å². The van der Waals surface area contributed by atoms with Gasteiger partial charge in [-0.15, -0.1) is 0 Å². The Hall–Kier alpha value is -3.05. The van der Waals surface area contributed by atoms with Crippen molar-refractivity contribution in [3.8, 4) is 16.9 Å². The normalized spacial score (nSPS) is 11.7. The lowest BCUT2D eigenvalue weighted by molar-refractivity contribution is -0.140. The standard InChI is InChI=1S/C32H40F8O7Si/c1-6-45-48(46-7-2,47-8-3)17-13-15-42-14-11-9-10-12-16-43-31-29(39)27(37)22(28(38)30(31)40)21-25(35)23(33)20(24(34)26(21)36)18-44-32(41)19(4)5/h4,6-18H2,1-3,5H3. The minimum atomic E-state index is -2.74. The summed E-state index contributed by atoms with van der Waals surface area (Å²) in [5, 5.41) is 0. The summed E-state index contributed by atoms with van der Waals surface area (Å²) in [5.41, 5.74) is -5.72. The number of hydrogen-bond acceptors (Lipinski definition) is 7. The highest BCUT2D eigenvalue weighted by Crippen LogP contribution is 2.40. The van der Waals surface area contributed by atoms with E-state index in [9.17, 15) is 39.9 Å². The van der Waals surface area contributed by atoms with Crippen molar-refractivity contribution in [3.63, 3.8) is 0 Å². The van der Waals surface area contributed by atoms with E-state index in [1.165, 1.54) is 6.92 Å². The van der Waals surface area contributed by atoms with Crippen molar-refractivity contribution in [1.29, 1.82) is 0 Å². The molecule has 2 aromatic carbocycles. The third-order valence-electron chi connectivity index (χ3n) is 6.82. The summed E-state index contributed by atoms with van der Waals surface area (Å²) in [6.07, 6.45) is 2.65. The summed E-state index contributed by atoms with van der Waals surface area (Å²) in [6.45, 7) is 10.6. The third kappa shape index (κ3) is 10.5. The summed E-state index contributed by atoms with van der Waals surface area (Å²) < 4.78 is 150. The first-order valence-corrected chi connectivity index (χ1v) is 17.4. The second kappa shape index (κ2) is 19.8. The molecule has 0 saturated heterocycles. The highest BCUT2D eigenvalue weighted by molar-refractivity contribution is 6.60. The van der Waals surface area contributed by atoms with Crippen LogP contribution >= 0.6 is 0 Å². The first-order valence-electron chi connectivity index (χ1n) is 15.4. The average molecular weight is 717 g/mol. The molecular weight excluding hydrogens is 676 g/mol. The van der Waals surface area contributed by atoms with E-state index in [4.69, 9.17) is 22.8 Å². The van der Waals surface area contributed by atoms with Crippen LogP contribution < -0.4 is 4.74 Å². The molecule has 0 unspecified atom stereocenters. The number of benzene rings is 2. The van der Waals surface area contributed by atoms with Crippen LogP contribution in [0.4, 0.5) is 35.1 Å². The van der Waals surface area contributed by atoms with Crippen LogP contribution in [0.2, 0.25) is 6.04 Å². The van der Waals surface area contributed by atoms with E-state index in [0.29, 0.717) is 64.8 Å². The summed E-state index contributed by atoms with van der Waals surface area (Å²) in [5.74, 6) is -20.8. The van der Waals surface area contributed by atoms with Gasteiger partial charge in [0.2, 0.25) is 11.6 Å². The predicted molar refractivity (Wildman–Crippen MR) is 161 cm³/mol. The lowest BCUT2D eigenvalue weighted by atomic mass is 9.99. The molecule has 0 aliphatic rings. The number of unbranched alkanes of at least 4 members (excludes halogenated alkanes) is 3. The summed E-state index contributed by atoms with van der Waals surface area (Å²) >= 11 is 0. The zero-order chi connectivity index (χ0) is 36.0. The molecule has 0 aromatic heterocycles.